The van der Waals surface area contributed by atoms with Gasteiger partial charge in [0.15, 0.2) is 0 Å². The second-order valence-corrected chi connectivity index (χ2v) is 9.58. The minimum atomic E-state index is -0.248. The molecule has 2 N–H and O–H groups in total. The van der Waals surface area contributed by atoms with Crippen molar-refractivity contribution in [3.63, 3.8) is 0 Å². The molecule has 0 radical (unpaired) electrons. The Balaban J connectivity index is 1.22. The van der Waals surface area contributed by atoms with Crippen LogP contribution in [0.1, 0.15) is 29.6 Å². The van der Waals surface area contributed by atoms with E-state index in [0.717, 1.165) is 23.2 Å². The van der Waals surface area contributed by atoms with Gasteiger partial charge < -0.3 is 15.3 Å². The van der Waals surface area contributed by atoms with Crippen LogP contribution < -0.4 is 11.0 Å². The molecule has 1 aliphatic carbocycles. The first-order valence-corrected chi connectivity index (χ1v) is 12.3. The maximum atomic E-state index is 13.1. The van der Waals surface area contributed by atoms with Crippen LogP contribution in [0.2, 0.25) is 0 Å². The number of nitrogens with zero attached hydrogens (tertiary/aromatic N) is 3. The highest BCUT2D eigenvalue weighted by Crippen LogP contribution is 2.52. The standard InChI is InChI=1S/C26H24N4O3S/c31-24-23-15-28(25(32)27-21-9-5-4-8-19(21)18-10-13-34-16-18)11-12-29(23)26(33)30(24)22-14-20(22)17-6-2-1-3-7-17/h1-10,13,16,20,22,31H,11-12,14-15H2,(H,27,32)/t20-,22+/m1/s1. The molecule has 6 rings (SSSR count). The molecule has 2 atom stereocenters. The van der Waals surface area contributed by atoms with Gasteiger partial charge in [-0.3, -0.25) is 9.13 Å². The van der Waals surface area contributed by atoms with Gasteiger partial charge in [-0.1, -0.05) is 48.5 Å². The maximum Gasteiger partial charge on any atom is 0.331 e. The summed E-state index contributed by atoms with van der Waals surface area (Å²) in [6, 6.07) is 19.5. The first-order chi connectivity index (χ1) is 16.6. The lowest BCUT2D eigenvalue weighted by Gasteiger charge is -2.28. The van der Waals surface area contributed by atoms with Gasteiger partial charge in [-0.2, -0.15) is 11.3 Å². The molecule has 3 heterocycles. The average Bonchev–Trinajstić information content (AvgIpc) is 3.36. The van der Waals surface area contributed by atoms with Crippen molar-refractivity contribution in [3.05, 3.63) is 93.2 Å². The molecular formula is C26H24N4O3S. The zero-order chi connectivity index (χ0) is 23.2. The summed E-state index contributed by atoms with van der Waals surface area (Å²) in [6.07, 6.45) is 0.824. The van der Waals surface area contributed by atoms with Crippen LogP contribution in [0.4, 0.5) is 10.5 Å². The van der Waals surface area contributed by atoms with Gasteiger partial charge in [-0.15, -0.1) is 0 Å². The SMILES string of the molecule is O=C(Nc1ccccc1-c1ccsc1)N1CCn2c(c(O)n([C@H]3C[C@@H]3c3ccccc3)c2=O)C1. The molecule has 4 aromatic rings. The van der Waals surface area contributed by atoms with Crippen LogP contribution >= 0.6 is 11.3 Å². The predicted molar refractivity (Wildman–Crippen MR) is 132 cm³/mol. The summed E-state index contributed by atoms with van der Waals surface area (Å²) in [5, 5.41) is 18.0. The van der Waals surface area contributed by atoms with Gasteiger partial charge >= 0.3 is 11.7 Å². The van der Waals surface area contributed by atoms with Crippen molar-refractivity contribution in [2.45, 2.75) is 31.5 Å². The molecule has 8 heteroatoms. The summed E-state index contributed by atoms with van der Waals surface area (Å²) in [5.41, 5.74) is 4.23. The molecule has 7 nitrogen and oxygen atoms in total. The van der Waals surface area contributed by atoms with Crippen molar-refractivity contribution in [1.82, 2.24) is 14.0 Å². The van der Waals surface area contributed by atoms with E-state index in [4.69, 9.17) is 0 Å². The first-order valence-electron chi connectivity index (χ1n) is 11.4. The van der Waals surface area contributed by atoms with E-state index in [1.807, 2.05) is 59.3 Å². The van der Waals surface area contributed by atoms with Crippen LogP contribution in [-0.2, 0) is 13.1 Å². The number of anilines is 1. The highest BCUT2D eigenvalue weighted by atomic mass is 32.1. The number of carbonyl (C=O) groups excluding carboxylic acids is 1. The Morgan fingerprint density at radius 1 is 1.03 bits per heavy atom. The number of imidazole rings is 1. The molecule has 2 aromatic heterocycles. The number of urea groups is 1. The number of benzene rings is 2. The van der Waals surface area contributed by atoms with Crippen LogP contribution in [0.5, 0.6) is 5.88 Å². The molecule has 2 aromatic carbocycles. The molecule has 0 spiro atoms. The number of para-hydroxylation sites is 1. The van der Waals surface area contributed by atoms with Gasteiger partial charge in [0.1, 0.15) is 5.69 Å². The number of amides is 2. The van der Waals surface area contributed by atoms with E-state index >= 15 is 0 Å². The van der Waals surface area contributed by atoms with Crippen LogP contribution in [0.25, 0.3) is 11.1 Å². The number of hydrogen-bond acceptors (Lipinski definition) is 4. The van der Waals surface area contributed by atoms with Crippen molar-refractivity contribution < 1.29 is 9.90 Å². The molecule has 172 valence electrons. The summed E-state index contributed by atoms with van der Waals surface area (Å²) in [7, 11) is 0. The monoisotopic (exact) mass is 472 g/mol. The van der Waals surface area contributed by atoms with E-state index in [0.29, 0.717) is 18.8 Å². The van der Waals surface area contributed by atoms with Crippen LogP contribution in [0.15, 0.2) is 76.2 Å². The number of fused-ring (bicyclic) bond motifs is 1. The predicted octanol–water partition coefficient (Wildman–Crippen LogP) is 4.86. The Labute approximate surface area is 200 Å². The molecule has 0 bridgehead atoms. The number of hydrogen-bond donors (Lipinski definition) is 2. The van der Waals surface area contributed by atoms with Crippen LogP contribution in [0.3, 0.4) is 0 Å². The van der Waals surface area contributed by atoms with E-state index in [1.165, 1.54) is 10.1 Å². The van der Waals surface area contributed by atoms with E-state index < -0.39 is 0 Å². The summed E-state index contributed by atoms with van der Waals surface area (Å²) >= 11 is 1.61. The fourth-order valence-electron chi connectivity index (χ4n) is 4.92. The minimum Gasteiger partial charge on any atom is -0.493 e. The Hall–Kier alpha value is -3.78. The second kappa shape index (κ2) is 8.22. The fraction of sp³-hybridized carbons (Fsp3) is 0.231. The lowest BCUT2D eigenvalue weighted by Crippen LogP contribution is -2.42. The average molecular weight is 473 g/mol. The molecule has 0 unspecified atom stereocenters. The number of carbonyl (C=O) groups is 1. The maximum absolute atomic E-state index is 13.1. The zero-order valence-corrected chi connectivity index (χ0v) is 19.2. The van der Waals surface area contributed by atoms with Crippen molar-refractivity contribution in [2.75, 3.05) is 11.9 Å². The van der Waals surface area contributed by atoms with E-state index in [1.54, 1.807) is 20.8 Å². The van der Waals surface area contributed by atoms with Gasteiger partial charge in [-0.25, -0.2) is 9.59 Å². The Bertz CT molecular complexity index is 1410. The molecular weight excluding hydrogens is 448 g/mol. The largest absolute Gasteiger partial charge is 0.493 e. The van der Waals surface area contributed by atoms with Gasteiger partial charge in [-0.05, 0) is 40.4 Å². The Morgan fingerprint density at radius 3 is 2.62 bits per heavy atom. The number of nitrogens with one attached hydrogen (secondary N) is 1. The molecule has 0 saturated heterocycles. The molecule has 1 aliphatic heterocycles. The van der Waals surface area contributed by atoms with Crippen molar-refractivity contribution >= 4 is 23.1 Å². The molecule has 2 aliphatic rings. The van der Waals surface area contributed by atoms with Crippen molar-refractivity contribution in [3.8, 4) is 17.0 Å². The molecule has 1 fully saturated rings. The number of aromatic hydroxyl groups is 1. The summed E-state index contributed by atoms with van der Waals surface area (Å²) in [6.45, 7) is 0.940. The quantitative estimate of drug-likeness (QED) is 0.445. The van der Waals surface area contributed by atoms with Gasteiger partial charge in [0.25, 0.3) is 0 Å². The lowest BCUT2D eigenvalue weighted by molar-refractivity contribution is 0.195. The third-order valence-corrected chi connectivity index (χ3v) is 7.47. The number of rotatable bonds is 4. The van der Waals surface area contributed by atoms with Crippen LogP contribution in [0, 0.1) is 0 Å². The summed E-state index contributed by atoms with van der Waals surface area (Å²) in [4.78, 5) is 27.9. The minimum absolute atomic E-state index is 0.0235. The molecule has 34 heavy (non-hydrogen) atoms. The second-order valence-electron chi connectivity index (χ2n) is 8.80. The molecule has 1 saturated carbocycles. The van der Waals surface area contributed by atoms with Crippen molar-refractivity contribution in [2.24, 2.45) is 0 Å². The Kier molecular flexibility index (Phi) is 5.03. The third kappa shape index (κ3) is 3.51. The third-order valence-electron chi connectivity index (χ3n) is 6.79. The molecule has 2 amide bonds. The highest BCUT2D eigenvalue weighted by Gasteiger charge is 2.44. The topological polar surface area (TPSA) is 79.5 Å². The van der Waals surface area contributed by atoms with Crippen LogP contribution in [-0.4, -0.2) is 31.7 Å². The zero-order valence-electron chi connectivity index (χ0n) is 18.4. The van der Waals surface area contributed by atoms with Crippen molar-refractivity contribution in [1.29, 1.82) is 0 Å². The Morgan fingerprint density at radius 2 is 1.82 bits per heavy atom. The number of thiophene rings is 1. The van der Waals surface area contributed by atoms with Gasteiger partial charge in [0.2, 0.25) is 5.88 Å². The van der Waals surface area contributed by atoms with E-state index in [9.17, 15) is 14.7 Å². The van der Waals surface area contributed by atoms with E-state index in [-0.39, 0.29) is 36.1 Å². The van der Waals surface area contributed by atoms with Gasteiger partial charge in [0.05, 0.1) is 12.2 Å². The lowest BCUT2D eigenvalue weighted by atomic mass is 10.1. The summed E-state index contributed by atoms with van der Waals surface area (Å²) < 4.78 is 3.12. The first kappa shape index (κ1) is 20.8. The summed E-state index contributed by atoms with van der Waals surface area (Å²) in [5.74, 6) is 0.201. The number of aromatic nitrogens is 2. The van der Waals surface area contributed by atoms with Gasteiger partial charge in [0, 0.05) is 30.6 Å². The van der Waals surface area contributed by atoms with E-state index in [2.05, 4.69) is 17.4 Å². The smallest absolute Gasteiger partial charge is 0.331 e. The highest BCUT2D eigenvalue weighted by molar-refractivity contribution is 7.08. The normalized spacial score (nSPS) is 19.0. The fourth-order valence-corrected chi connectivity index (χ4v) is 5.57.